The number of rotatable bonds is 6. The smallest absolute Gasteiger partial charge is 0.400 e. The molecule has 7 heteroatoms. The van der Waals surface area contributed by atoms with E-state index in [4.69, 9.17) is 10.9 Å². The summed E-state index contributed by atoms with van der Waals surface area (Å²) in [4.78, 5) is 1.66. The fourth-order valence-corrected chi connectivity index (χ4v) is 1.52. The first-order chi connectivity index (χ1) is 7.73. The zero-order chi connectivity index (χ0) is 13.6. The highest BCUT2D eigenvalue weighted by Gasteiger charge is 2.43. The molecule has 3 N–H and O–H groups in total. The van der Waals surface area contributed by atoms with Gasteiger partial charge in [0.05, 0.1) is 0 Å². The van der Waals surface area contributed by atoms with Crippen LogP contribution in [0.3, 0.4) is 0 Å². The number of oxime groups is 1. The van der Waals surface area contributed by atoms with E-state index in [2.05, 4.69) is 5.16 Å². The fraction of sp³-hybridized carbons (Fsp3) is 0.900. The van der Waals surface area contributed by atoms with Crippen LogP contribution in [0, 0.1) is 5.92 Å². The Morgan fingerprint density at radius 1 is 1.41 bits per heavy atom. The lowest BCUT2D eigenvalue weighted by molar-refractivity contribution is -0.161. The highest BCUT2D eigenvalue weighted by atomic mass is 19.4. The largest absolute Gasteiger partial charge is 0.409 e. The summed E-state index contributed by atoms with van der Waals surface area (Å²) >= 11 is 0. The molecule has 0 fully saturated rings. The molecule has 17 heavy (non-hydrogen) atoms. The summed E-state index contributed by atoms with van der Waals surface area (Å²) in [6.45, 7) is 5.78. The first-order valence-corrected chi connectivity index (χ1v) is 5.52. The van der Waals surface area contributed by atoms with Gasteiger partial charge >= 0.3 is 6.18 Å². The monoisotopic (exact) mass is 255 g/mol. The van der Waals surface area contributed by atoms with Crippen molar-refractivity contribution in [2.24, 2.45) is 16.8 Å². The van der Waals surface area contributed by atoms with E-state index in [1.807, 2.05) is 20.8 Å². The summed E-state index contributed by atoms with van der Waals surface area (Å²) in [5.74, 6) is -2.72. The zero-order valence-electron chi connectivity index (χ0n) is 10.3. The van der Waals surface area contributed by atoms with Gasteiger partial charge < -0.3 is 10.9 Å². The van der Waals surface area contributed by atoms with Gasteiger partial charge in [0, 0.05) is 12.6 Å². The molecule has 1 unspecified atom stereocenters. The highest BCUT2D eigenvalue weighted by molar-refractivity contribution is 5.83. The predicted molar refractivity (Wildman–Crippen MR) is 60.0 cm³/mol. The van der Waals surface area contributed by atoms with Crippen LogP contribution >= 0.6 is 0 Å². The Kier molecular flexibility index (Phi) is 6.30. The molecule has 1 atom stereocenters. The normalized spacial score (nSPS) is 15.6. The first-order valence-electron chi connectivity index (χ1n) is 5.52. The topological polar surface area (TPSA) is 61.8 Å². The van der Waals surface area contributed by atoms with Crippen LogP contribution in [-0.4, -0.2) is 41.3 Å². The van der Waals surface area contributed by atoms with E-state index in [-0.39, 0.29) is 12.6 Å². The highest BCUT2D eigenvalue weighted by Crippen LogP contribution is 2.27. The van der Waals surface area contributed by atoms with Crippen LogP contribution in [0.1, 0.15) is 27.2 Å². The molecule has 0 aliphatic carbocycles. The van der Waals surface area contributed by atoms with E-state index in [1.165, 1.54) is 0 Å². The van der Waals surface area contributed by atoms with Gasteiger partial charge in [-0.15, -0.1) is 0 Å². The molecule has 0 saturated heterocycles. The molecule has 0 aromatic carbocycles. The molecule has 102 valence electrons. The lowest BCUT2D eigenvalue weighted by Crippen LogP contribution is -2.46. The maximum atomic E-state index is 12.7. The Balaban J connectivity index is 4.84. The van der Waals surface area contributed by atoms with Crippen molar-refractivity contribution in [2.75, 3.05) is 13.1 Å². The summed E-state index contributed by atoms with van der Waals surface area (Å²) in [5.41, 5.74) is 5.10. The molecule has 0 amide bonds. The maximum absolute atomic E-state index is 12.7. The van der Waals surface area contributed by atoms with Crippen LogP contribution in [0.5, 0.6) is 0 Å². The van der Waals surface area contributed by atoms with Crippen LogP contribution in [0.15, 0.2) is 5.16 Å². The summed E-state index contributed by atoms with van der Waals surface area (Å²) < 4.78 is 38.2. The number of nitrogens with zero attached hydrogens (tertiary/aromatic N) is 2. The Morgan fingerprint density at radius 3 is 2.24 bits per heavy atom. The summed E-state index contributed by atoms with van der Waals surface area (Å²) in [7, 11) is 0. The third kappa shape index (κ3) is 5.25. The van der Waals surface area contributed by atoms with E-state index in [0.717, 1.165) is 6.42 Å². The molecule has 0 aliphatic heterocycles. The van der Waals surface area contributed by atoms with Gasteiger partial charge in [0.1, 0.15) is 5.92 Å². The van der Waals surface area contributed by atoms with Gasteiger partial charge in [0.15, 0.2) is 5.84 Å². The minimum Gasteiger partial charge on any atom is -0.409 e. The lowest BCUT2D eigenvalue weighted by Gasteiger charge is -2.30. The average Bonchev–Trinajstić information content (AvgIpc) is 2.20. The number of halogens is 3. The van der Waals surface area contributed by atoms with E-state index < -0.39 is 17.9 Å². The number of nitrogens with two attached hydrogens (primary N) is 1. The number of hydrogen-bond acceptors (Lipinski definition) is 3. The SMILES string of the molecule is CCCN(CC(C(N)=NO)C(F)(F)F)C(C)C. The van der Waals surface area contributed by atoms with Crippen molar-refractivity contribution in [2.45, 2.75) is 39.4 Å². The Bertz CT molecular complexity index is 254. The molecular weight excluding hydrogens is 235 g/mol. The number of alkyl halides is 3. The van der Waals surface area contributed by atoms with Gasteiger partial charge in [0.25, 0.3) is 0 Å². The minimum atomic E-state index is -4.50. The second-order valence-electron chi connectivity index (χ2n) is 4.21. The molecule has 0 saturated carbocycles. The van der Waals surface area contributed by atoms with Gasteiger partial charge in [-0.25, -0.2) is 0 Å². The van der Waals surface area contributed by atoms with Crippen LogP contribution in [0.2, 0.25) is 0 Å². The van der Waals surface area contributed by atoms with Crippen molar-refractivity contribution in [3.63, 3.8) is 0 Å². The quantitative estimate of drug-likeness (QED) is 0.330. The van der Waals surface area contributed by atoms with Crippen LogP contribution in [0.25, 0.3) is 0 Å². The summed E-state index contributed by atoms with van der Waals surface area (Å²) in [6.07, 6.45) is -3.75. The molecule has 0 aromatic heterocycles. The van der Waals surface area contributed by atoms with Gasteiger partial charge in [-0.05, 0) is 26.8 Å². The van der Waals surface area contributed by atoms with Crippen LogP contribution in [-0.2, 0) is 0 Å². The molecule has 0 radical (unpaired) electrons. The molecular formula is C10H20F3N3O. The van der Waals surface area contributed by atoms with Crippen LogP contribution in [0.4, 0.5) is 13.2 Å². The lowest BCUT2D eigenvalue weighted by atomic mass is 10.1. The molecule has 0 spiro atoms. The first kappa shape index (κ1) is 16.0. The average molecular weight is 255 g/mol. The van der Waals surface area contributed by atoms with E-state index >= 15 is 0 Å². The molecule has 0 rings (SSSR count). The zero-order valence-corrected chi connectivity index (χ0v) is 10.3. The molecule has 0 bridgehead atoms. The standard InChI is InChI=1S/C10H20F3N3O/c1-4-5-16(7(2)3)6-8(9(14)15-17)10(11,12)13/h7-8,17H,4-6H2,1-3H3,(H2,14,15). The van der Waals surface area contributed by atoms with Gasteiger partial charge in [-0.2, -0.15) is 13.2 Å². The fourth-order valence-electron chi connectivity index (χ4n) is 1.52. The Hall–Kier alpha value is -0.980. The van der Waals surface area contributed by atoms with E-state index in [0.29, 0.717) is 6.54 Å². The number of hydrogen-bond donors (Lipinski definition) is 2. The van der Waals surface area contributed by atoms with Crippen molar-refractivity contribution >= 4 is 5.84 Å². The summed E-state index contributed by atoms with van der Waals surface area (Å²) in [5, 5.41) is 10.9. The Morgan fingerprint density at radius 2 is 1.94 bits per heavy atom. The van der Waals surface area contributed by atoms with Gasteiger partial charge in [-0.1, -0.05) is 12.1 Å². The van der Waals surface area contributed by atoms with Crippen molar-refractivity contribution in [3.8, 4) is 0 Å². The van der Waals surface area contributed by atoms with E-state index in [9.17, 15) is 13.2 Å². The van der Waals surface area contributed by atoms with E-state index in [1.54, 1.807) is 4.90 Å². The molecule has 4 nitrogen and oxygen atoms in total. The second-order valence-corrected chi connectivity index (χ2v) is 4.21. The van der Waals surface area contributed by atoms with Crippen molar-refractivity contribution < 1.29 is 18.4 Å². The van der Waals surface area contributed by atoms with Crippen molar-refractivity contribution in [1.82, 2.24) is 4.90 Å². The number of amidine groups is 1. The van der Waals surface area contributed by atoms with Crippen molar-refractivity contribution in [3.05, 3.63) is 0 Å². The maximum Gasteiger partial charge on any atom is 0.400 e. The minimum absolute atomic E-state index is 0.0220. The van der Waals surface area contributed by atoms with Crippen molar-refractivity contribution in [1.29, 1.82) is 0 Å². The second kappa shape index (κ2) is 6.68. The third-order valence-electron chi connectivity index (χ3n) is 2.53. The summed E-state index contributed by atoms with van der Waals surface area (Å²) in [6, 6.07) is -0.0220. The van der Waals surface area contributed by atoms with Crippen LogP contribution < -0.4 is 5.73 Å². The molecule has 0 aliphatic rings. The molecule has 0 heterocycles. The Labute approximate surface area is 99.3 Å². The molecule has 0 aromatic rings. The third-order valence-corrected chi connectivity index (χ3v) is 2.53. The van der Waals surface area contributed by atoms with Gasteiger partial charge in [-0.3, -0.25) is 4.90 Å². The predicted octanol–water partition coefficient (Wildman–Crippen LogP) is 2.03. The van der Waals surface area contributed by atoms with Gasteiger partial charge in [0.2, 0.25) is 0 Å².